The number of hydrogen-bond acceptors (Lipinski definition) is 4. The molecular formula is C13H20N4O. The molecule has 0 saturated heterocycles. The molecule has 0 bridgehead atoms. The Hall–Kier alpha value is -1.62. The Balaban J connectivity index is 1.85. The Morgan fingerprint density at radius 3 is 2.78 bits per heavy atom. The first-order valence-corrected chi connectivity index (χ1v) is 6.25. The van der Waals surface area contributed by atoms with Crippen molar-refractivity contribution < 1.29 is 5.21 Å². The Labute approximate surface area is 107 Å². The lowest BCUT2D eigenvalue weighted by Gasteiger charge is -2.19. The molecule has 98 valence electrons. The first kappa shape index (κ1) is 12.8. The van der Waals surface area contributed by atoms with Crippen LogP contribution in [0.4, 0.5) is 0 Å². The Morgan fingerprint density at radius 2 is 2.22 bits per heavy atom. The third-order valence-corrected chi connectivity index (χ3v) is 3.63. The number of nitrogens with zero attached hydrogens (tertiary/aromatic N) is 2. The number of oxime groups is 1. The lowest BCUT2D eigenvalue weighted by atomic mass is 10.0. The molecule has 1 saturated carbocycles. The van der Waals surface area contributed by atoms with Gasteiger partial charge >= 0.3 is 0 Å². The summed E-state index contributed by atoms with van der Waals surface area (Å²) in [5, 5.41) is 15.2. The average molecular weight is 248 g/mol. The van der Waals surface area contributed by atoms with Crippen LogP contribution in [0.25, 0.3) is 0 Å². The quantitative estimate of drug-likeness (QED) is 0.309. The standard InChI is InChI=1S/C13H20N4O/c1-10(11-2-6-15-7-3-11)16-9-13(4-5-13)8-12(14)17-18/h2-3,6-7,10,16,18H,4-5,8-9H2,1H3,(H2,14,17)/t10-/m0/s1. The van der Waals surface area contributed by atoms with E-state index in [0.717, 1.165) is 19.4 Å². The van der Waals surface area contributed by atoms with Gasteiger partial charge in [0, 0.05) is 31.4 Å². The van der Waals surface area contributed by atoms with E-state index < -0.39 is 0 Å². The minimum absolute atomic E-state index is 0.192. The third-order valence-electron chi connectivity index (χ3n) is 3.63. The van der Waals surface area contributed by atoms with E-state index in [4.69, 9.17) is 10.9 Å². The van der Waals surface area contributed by atoms with Crippen LogP contribution >= 0.6 is 0 Å². The van der Waals surface area contributed by atoms with Crippen LogP contribution in [-0.2, 0) is 0 Å². The van der Waals surface area contributed by atoms with Crippen LogP contribution in [0.5, 0.6) is 0 Å². The van der Waals surface area contributed by atoms with Crippen molar-refractivity contribution in [1.29, 1.82) is 0 Å². The summed E-state index contributed by atoms with van der Waals surface area (Å²) < 4.78 is 0. The van der Waals surface area contributed by atoms with Crippen molar-refractivity contribution in [2.24, 2.45) is 16.3 Å². The van der Waals surface area contributed by atoms with E-state index in [1.165, 1.54) is 5.56 Å². The average Bonchev–Trinajstić information content (AvgIpc) is 3.17. The molecule has 5 nitrogen and oxygen atoms in total. The van der Waals surface area contributed by atoms with Crippen LogP contribution < -0.4 is 11.1 Å². The second-order valence-corrected chi connectivity index (χ2v) is 5.15. The highest BCUT2D eigenvalue weighted by atomic mass is 16.4. The summed E-state index contributed by atoms with van der Waals surface area (Å²) in [5.41, 5.74) is 7.00. The van der Waals surface area contributed by atoms with Gasteiger partial charge in [-0.3, -0.25) is 4.98 Å². The Kier molecular flexibility index (Phi) is 3.81. The molecule has 5 heteroatoms. The molecule has 4 N–H and O–H groups in total. The number of pyridine rings is 1. The van der Waals surface area contributed by atoms with Gasteiger partial charge in [0.15, 0.2) is 0 Å². The second-order valence-electron chi connectivity index (χ2n) is 5.15. The summed E-state index contributed by atoms with van der Waals surface area (Å²) in [6, 6.07) is 4.32. The van der Waals surface area contributed by atoms with Gasteiger partial charge in [-0.05, 0) is 42.9 Å². The minimum Gasteiger partial charge on any atom is -0.409 e. The largest absolute Gasteiger partial charge is 0.409 e. The third kappa shape index (κ3) is 3.20. The van der Waals surface area contributed by atoms with Gasteiger partial charge in [-0.15, -0.1) is 0 Å². The first-order valence-electron chi connectivity index (χ1n) is 6.25. The van der Waals surface area contributed by atoms with E-state index in [-0.39, 0.29) is 11.5 Å². The fraction of sp³-hybridized carbons (Fsp3) is 0.538. The fourth-order valence-corrected chi connectivity index (χ4v) is 2.15. The molecule has 1 aromatic rings. The zero-order valence-electron chi connectivity index (χ0n) is 10.6. The molecule has 0 amide bonds. The number of hydrogen-bond donors (Lipinski definition) is 3. The van der Waals surface area contributed by atoms with Crippen LogP contribution in [-0.4, -0.2) is 22.6 Å². The highest BCUT2D eigenvalue weighted by molar-refractivity contribution is 5.80. The van der Waals surface area contributed by atoms with Gasteiger partial charge in [-0.25, -0.2) is 0 Å². The molecule has 0 unspecified atom stereocenters. The van der Waals surface area contributed by atoms with Gasteiger partial charge < -0.3 is 16.3 Å². The monoisotopic (exact) mass is 248 g/mol. The molecular weight excluding hydrogens is 228 g/mol. The maximum atomic E-state index is 8.62. The molecule has 18 heavy (non-hydrogen) atoms. The van der Waals surface area contributed by atoms with Crippen LogP contribution in [0.1, 0.15) is 37.8 Å². The molecule has 1 aliphatic rings. The van der Waals surface area contributed by atoms with Crippen LogP contribution in [0.15, 0.2) is 29.7 Å². The van der Waals surface area contributed by atoms with Crippen LogP contribution in [0, 0.1) is 5.41 Å². The predicted octanol–water partition coefficient (Wildman–Crippen LogP) is 1.65. The zero-order valence-corrected chi connectivity index (χ0v) is 10.6. The van der Waals surface area contributed by atoms with E-state index in [1.807, 2.05) is 12.1 Å². The van der Waals surface area contributed by atoms with E-state index in [1.54, 1.807) is 12.4 Å². The van der Waals surface area contributed by atoms with Crippen molar-refractivity contribution in [3.8, 4) is 0 Å². The van der Waals surface area contributed by atoms with Gasteiger partial charge in [0.2, 0.25) is 0 Å². The van der Waals surface area contributed by atoms with Crippen molar-refractivity contribution in [3.63, 3.8) is 0 Å². The van der Waals surface area contributed by atoms with E-state index in [0.29, 0.717) is 12.3 Å². The summed E-state index contributed by atoms with van der Waals surface area (Å²) in [6.45, 7) is 3.03. The number of nitrogens with one attached hydrogen (secondary N) is 1. The fourth-order valence-electron chi connectivity index (χ4n) is 2.15. The summed E-state index contributed by atoms with van der Waals surface area (Å²) >= 11 is 0. The van der Waals surface area contributed by atoms with Gasteiger partial charge in [0.25, 0.3) is 0 Å². The van der Waals surface area contributed by atoms with Crippen molar-refractivity contribution in [1.82, 2.24) is 10.3 Å². The van der Waals surface area contributed by atoms with E-state index in [9.17, 15) is 0 Å². The maximum Gasteiger partial charge on any atom is 0.139 e. The SMILES string of the molecule is C[C@H](NCC1(C/C(N)=N/O)CC1)c1ccncc1. The molecule has 1 aliphatic carbocycles. The van der Waals surface area contributed by atoms with Crippen LogP contribution in [0.3, 0.4) is 0 Å². The second kappa shape index (κ2) is 5.35. The molecule has 0 radical (unpaired) electrons. The van der Waals surface area contributed by atoms with E-state index in [2.05, 4.69) is 22.4 Å². The summed E-state index contributed by atoms with van der Waals surface area (Å²) in [7, 11) is 0. The highest BCUT2D eigenvalue weighted by Gasteiger charge is 2.43. The Bertz CT molecular complexity index is 414. The topological polar surface area (TPSA) is 83.5 Å². The Morgan fingerprint density at radius 1 is 1.56 bits per heavy atom. The number of amidine groups is 1. The normalized spacial score (nSPS) is 19.5. The first-order chi connectivity index (χ1) is 8.65. The summed E-state index contributed by atoms with van der Waals surface area (Å²) in [5.74, 6) is 0.325. The van der Waals surface area contributed by atoms with Gasteiger partial charge in [-0.2, -0.15) is 0 Å². The van der Waals surface area contributed by atoms with Crippen molar-refractivity contribution in [2.75, 3.05) is 6.54 Å². The lowest BCUT2D eigenvalue weighted by Crippen LogP contribution is -2.30. The van der Waals surface area contributed by atoms with Crippen molar-refractivity contribution in [2.45, 2.75) is 32.2 Å². The van der Waals surface area contributed by atoms with Crippen LogP contribution in [0.2, 0.25) is 0 Å². The molecule has 1 fully saturated rings. The van der Waals surface area contributed by atoms with Gasteiger partial charge in [0.1, 0.15) is 5.84 Å². The lowest BCUT2D eigenvalue weighted by molar-refractivity contribution is 0.313. The van der Waals surface area contributed by atoms with E-state index >= 15 is 0 Å². The summed E-state index contributed by atoms with van der Waals surface area (Å²) in [6.07, 6.45) is 6.55. The number of aromatic nitrogens is 1. The molecule has 0 aromatic carbocycles. The molecule has 0 spiro atoms. The zero-order chi connectivity index (χ0) is 13.0. The smallest absolute Gasteiger partial charge is 0.139 e. The molecule has 1 aromatic heterocycles. The molecule has 1 atom stereocenters. The van der Waals surface area contributed by atoms with Crippen molar-refractivity contribution >= 4 is 5.84 Å². The number of nitrogens with two attached hydrogens (primary N) is 1. The van der Waals surface area contributed by atoms with Gasteiger partial charge in [-0.1, -0.05) is 5.16 Å². The van der Waals surface area contributed by atoms with Gasteiger partial charge in [0.05, 0.1) is 0 Å². The van der Waals surface area contributed by atoms with Crippen molar-refractivity contribution in [3.05, 3.63) is 30.1 Å². The molecule has 1 heterocycles. The summed E-state index contributed by atoms with van der Waals surface area (Å²) in [4.78, 5) is 4.01. The number of rotatable bonds is 6. The molecule has 0 aliphatic heterocycles. The highest BCUT2D eigenvalue weighted by Crippen LogP contribution is 2.48. The maximum absolute atomic E-state index is 8.62. The minimum atomic E-state index is 0.192. The predicted molar refractivity (Wildman–Crippen MR) is 70.3 cm³/mol. The molecule has 2 rings (SSSR count).